The molecule has 1 N–H and O–H groups in total. The zero-order chi connectivity index (χ0) is 13.6. The van der Waals surface area contributed by atoms with Crippen LogP contribution in [0.4, 0.5) is 5.69 Å². The summed E-state index contributed by atoms with van der Waals surface area (Å²) in [6, 6.07) is 4.94. The monoisotopic (exact) mass is 311 g/mol. The van der Waals surface area contributed by atoms with Gasteiger partial charge in [-0.3, -0.25) is 9.59 Å². The maximum atomic E-state index is 12.4. The summed E-state index contributed by atoms with van der Waals surface area (Å²) in [6.45, 7) is 0. The van der Waals surface area contributed by atoms with Gasteiger partial charge >= 0.3 is 0 Å². The van der Waals surface area contributed by atoms with Gasteiger partial charge in [0.1, 0.15) is 0 Å². The fourth-order valence-electron chi connectivity index (χ4n) is 2.00. The number of thiophene rings is 1. The number of carbonyl (C=O) groups excluding carboxylic acids is 2. The molecule has 0 saturated heterocycles. The van der Waals surface area contributed by atoms with Crippen LogP contribution in [0.3, 0.4) is 0 Å². The van der Waals surface area contributed by atoms with Gasteiger partial charge in [-0.15, -0.1) is 11.3 Å². The first-order chi connectivity index (χ1) is 9.06. The maximum Gasteiger partial charge on any atom is 0.228 e. The van der Waals surface area contributed by atoms with Crippen molar-refractivity contribution < 1.29 is 9.59 Å². The van der Waals surface area contributed by atoms with Crippen molar-refractivity contribution in [1.29, 1.82) is 0 Å². The van der Waals surface area contributed by atoms with E-state index in [1.807, 2.05) is 0 Å². The third-order valence-electron chi connectivity index (χ3n) is 2.89. The number of ketones is 1. The van der Waals surface area contributed by atoms with E-state index in [9.17, 15) is 9.59 Å². The Morgan fingerprint density at radius 2 is 2.05 bits per heavy atom. The number of amides is 1. The lowest BCUT2D eigenvalue weighted by Gasteiger charge is -2.06. The first kappa shape index (κ1) is 12.7. The minimum Gasteiger partial charge on any atom is -0.325 e. The number of hydrogen-bond donors (Lipinski definition) is 1. The van der Waals surface area contributed by atoms with Crippen LogP contribution < -0.4 is 5.32 Å². The lowest BCUT2D eigenvalue weighted by atomic mass is 10.0. The summed E-state index contributed by atoms with van der Waals surface area (Å²) in [7, 11) is 0. The number of anilines is 1. The van der Waals surface area contributed by atoms with Crippen molar-refractivity contribution in [1.82, 2.24) is 0 Å². The van der Waals surface area contributed by atoms with E-state index >= 15 is 0 Å². The Morgan fingerprint density at radius 1 is 1.26 bits per heavy atom. The molecule has 6 heteroatoms. The molecule has 0 bridgehead atoms. The molecular formula is C13H7Cl2NO2S. The van der Waals surface area contributed by atoms with E-state index in [0.717, 1.165) is 5.56 Å². The molecule has 1 aliphatic rings. The van der Waals surface area contributed by atoms with Gasteiger partial charge < -0.3 is 5.32 Å². The summed E-state index contributed by atoms with van der Waals surface area (Å²) >= 11 is 13.3. The summed E-state index contributed by atoms with van der Waals surface area (Å²) in [5, 5.41) is 5.18. The lowest BCUT2D eigenvalue weighted by molar-refractivity contribution is -0.115. The molecule has 0 saturated carbocycles. The number of fused-ring (bicyclic) bond motifs is 1. The molecule has 0 unspecified atom stereocenters. The van der Waals surface area contributed by atoms with E-state index in [-0.39, 0.29) is 18.1 Å². The third-order valence-corrected chi connectivity index (χ3v) is 4.54. The van der Waals surface area contributed by atoms with Gasteiger partial charge in [0.15, 0.2) is 0 Å². The number of rotatable bonds is 2. The van der Waals surface area contributed by atoms with Gasteiger partial charge in [0.05, 0.1) is 21.3 Å². The predicted molar refractivity (Wildman–Crippen MR) is 76.5 cm³/mol. The third kappa shape index (κ3) is 2.16. The molecule has 19 heavy (non-hydrogen) atoms. The highest BCUT2D eigenvalue weighted by Gasteiger charge is 2.23. The van der Waals surface area contributed by atoms with Crippen LogP contribution in [0.5, 0.6) is 0 Å². The van der Waals surface area contributed by atoms with Gasteiger partial charge in [0.25, 0.3) is 0 Å². The largest absolute Gasteiger partial charge is 0.325 e. The van der Waals surface area contributed by atoms with Crippen molar-refractivity contribution in [3.8, 4) is 0 Å². The molecule has 2 aromatic rings. The van der Waals surface area contributed by atoms with Gasteiger partial charge in [-0.2, -0.15) is 0 Å². The Kier molecular flexibility index (Phi) is 3.09. The molecule has 96 valence electrons. The minimum absolute atomic E-state index is 0.0928. The van der Waals surface area contributed by atoms with Crippen LogP contribution in [0, 0.1) is 0 Å². The highest BCUT2D eigenvalue weighted by molar-refractivity contribution is 7.13. The molecule has 0 spiro atoms. The van der Waals surface area contributed by atoms with Crippen molar-refractivity contribution in [2.45, 2.75) is 6.42 Å². The molecule has 3 rings (SSSR count). The topological polar surface area (TPSA) is 46.2 Å². The van der Waals surface area contributed by atoms with Crippen molar-refractivity contribution in [3.63, 3.8) is 0 Å². The number of hydrogen-bond acceptors (Lipinski definition) is 3. The molecule has 1 amide bonds. The molecule has 3 nitrogen and oxygen atoms in total. The van der Waals surface area contributed by atoms with Crippen LogP contribution in [-0.4, -0.2) is 11.7 Å². The number of nitrogens with one attached hydrogen (secondary N) is 1. The first-order valence-corrected chi connectivity index (χ1v) is 7.10. The lowest BCUT2D eigenvalue weighted by Crippen LogP contribution is -2.03. The zero-order valence-corrected chi connectivity index (χ0v) is 11.8. The quantitative estimate of drug-likeness (QED) is 0.858. The Hall–Kier alpha value is -1.36. The normalized spacial score (nSPS) is 13.3. The molecule has 1 aromatic carbocycles. The zero-order valence-electron chi connectivity index (χ0n) is 9.50. The highest BCUT2D eigenvalue weighted by Crippen LogP contribution is 2.33. The van der Waals surface area contributed by atoms with Gasteiger partial charge in [0, 0.05) is 11.3 Å². The van der Waals surface area contributed by atoms with E-state index in [1.165, 1.54) is 11.3 Å². The first-order valence-electron chi connectivity index (χ1n) is 5.46. The van der Waals surface area contributed by atoms with Crippen LogP contribution in [0.1, 0.15) is 20.8 Å². The van der Waals surface area contributed by atoms with Gasteiger partial charge in [-0.1, -0.05) is 23.2 Å². The molecule has 2 heterocycles. The van der Waals surface area contributed by atoms with E-state index in [1.54, 1.807) is 23.6 Å². The SMILES string of the molecule is O=C1Cc2cc(C(=O)c3sccc3Cl)c(Cl)cc2N1. The summed E-state index contributed by atoms with van der Waals surface area (Å²) < 4.78 is 0. The van der Waals surface area contributed by atoms with Crippen LogP contribution in [0.2, 0.25) is 10.0 Å². The molecule has 1 aromatic heterocycles. The van der Waals surface area contributed by atoms with Gasteiger partial charge in [-0.05, 0) is 29.1 Å². The molecule has 1 aliphatic heterocycles. The van der Waals surface area contributed by atoms with Crippen molar-refractivity contribution in [2.75, 3.05) is 5.32 Å². The van der Waals surface area contributed by atoms with E-state index in [4.69, 9.17) is 23.2 Å². The van der Waals surface area contributed by atoms with Crippen molar-refractivity contribution in [3.05, 3.63) is 49.6 Å². The number of halogens is 2. The summed E-state index contributed by atoms with van der Waals surface area (Å²) in [5.74, 6) is -0.308. The fourth-order valence-corrected chi connectivity index (χ4v) is 3.34. The minimum atomic E-state index is -0.216. The average Bonchev–Trinajstić information content (AvgIpc) is 2.92. The Labute approximate surface area is 123 Å². The van der Waals surface area contributed by atoms with E-state index < -0.39 is 0 Å². The van der Waals surface area contributed by atoms with Crippen LogP contribution in [0.15, 0.2) is 23.6 Å². The second-order valence-electron chi connectivity index (χ2n) is 4.14. The van der Waals surface area contributed by atoms with Crippen molar-refractivity contribution in [2.24, 2.45) is 0 Å². The summed E-state index contributed by atoms with van der Waals surface area (Å²) in [5.41, 5.74) is 1.83. The second kappa shape index (κ2) is 4.63. The molecule has 0 aliphatic carbocycles. The molecule has 0 fully saturated rings. The maximum absolute atomic E-state index is 12.4. The summed E-state index contributed by atoms with van der Waals surface area (Å²) in [6.07, 6.45) is 0.269. The van der Waals surface area contributed by atoms with Crippen LogP contribution >= 0.6 is 34.5 Å². The van der Waals surface area contributed by atoms with E-state index in [2.05, 4.69) is 5.32 Å². The van der Waals surface area contributed by atoms with Crippen LogP contribution in [0.25, 0.3) is 0 Å². The van der Waals surface area contributed by atoms with Crippen molar-refractivity contribution >= 4 is 51.9 Å². The average molecular weight is 312 g/mol. The number of carbonyl (C=O) groups is 2. The number of benzene rings is 1. The Morgan fingerprint density at radius 3 is 2.74 bits per heavy atom. The van der Waals surface area contributed by atoms with Gasteiger partial charge in [-0.25, -0.2) is 0 Å². The fraction of sp³-hybridized carbons (Fsp3) is 0.0769. The van der Waals surface area contributed by atoms with E-state index in [0.29, 0.717) is 26.2 Å². The van der Waals surface area contributed by atoms with Gasteiger partial charge in [0.2, 0.25) is 11.7 Å². The Balaban J connectivity index is 2.07. The Bertz CT molecular complexity index is 709. The molecule has 0 radical (unpaired) electrons. The smallest absolute Gasteiger partial charge is 0.228 e. The molecule has 0 atom stereocenters. The highest BCUT2D eigenvalue weighted by atomic mass is 35.5. The molecular weight excluding hydrogens is 305 g/mol. The summed E-state index contributed by atoms with van der Waals surface area (Å²) in [4.78, 5) is 24.1. The van der Waals surface area contributed by atoms with Crippen LogP contribution in [-0.2, 0) is 11.2 Å². The standard InChI is InChI=1S/C13H7Cl2NO2S/c14-8-1-2-19-13(8)12(18)7-3-6-4-11(17)16-10(6)5-9(7)15/h1-3,5H,4H2,(H,16,17). The predicted octanol–water partition coefficient (Wildman–Crippen LogP) is 3.78. The second-order valence-corrected chi connectivity index (χ2v) is 5.87.